The van der Waals surface area contributed by atoms with E-state index in [9.17, 15) is 9.36 Å². The maximum absolute atomic E-state index is 10.9. The Morgan fingerprint density at radius 2 is 2.13 bits per heavy atom. The van der Waals surface area contributed by atoms with Gasteiger partial charge < -0.3 is 14.5 Å². The molecule has 0 heterocycles. The van der Waals surface area contributed by atoms with Crippen LogP contribution in [0.15, 0.2) is 12.2 Å². The smallest absolute Gasteiger partial charge is 0.462 e. The van der Waals surface area contributed by atoms with Gasteiger partial charge in [0, 0.05) is 23.4 Å². The predicted octanol–water partition coefficient (Wildman–Crippen LogP) is 1.25. The lowest BCUT2D eigenvalue weighted by molar-refractivity contribution is -0.138. The van der Waals surface area contributed by atoms with E-state index in [4.69, 9.17) is 14.5 Å². The van der Waals surface area contributed by atoms with Gasteiger partial charge in [-0.15, -0.1) is 0 Å². The summed E-state index contributed by atoms with van der Waals surface area (Å²) in [5.41, 5.74) is 0.314. The molecular weight excluding hydrogens is 243 g/mol. The van der Waals surface area contributed by atoms with Gasteiger partial charge in [0.2, 0.25) is 0 Å². The fourth-order valence-corrected chi connectivity index (χ4v) is 1.59. The van der Waals surface area contributed by atoms with Crippen molar-refractivity contribution in [2.75, 3.05) is 12.4 Å². The van der Waals surface area contributed by atoms with Gasteiger partial charge in [-0.1, -0.05) is 6.58 Å². The second-order valence-electron chi connectivity index (χ2n) is 2.66. The highest BCUT2D eigenvalue weighted by atomic mass is 32.2. The number of esters is 1. The van der Waals surface area contributed by atoms with Crippen molar-refractivity contribution in [2.24, 2.45) is 0 Å². The van der Waals surface area contributed by atoms with Crippen molar-refractivity contribution in [3.8, 4) is 0 Å². The number of hydrogen-bond acceptors (Lipinski definition) is 5. The van der Waals surface area contributed by atoms with E-state index < -0.39 is 13.8 Å². The van der Waals surface area contributed by atoms with Crippen LogP contribution < -0.4 is 0 Å². The van der Waals surface area contributed by atoms with Gasteiger partial charge in [0.05, 0.1) is 6.61 Å². The molecule has 0 saturated carbocycles. The third kappa shape index (κ3) is 9.96. The van der Waals surface area contributed by atoms with Gasteiger partial charge in [-0.05, 0) is 13.3 Å². The summed E-state index contributed by atoms with van der Waals surface area (Å²) in [7, 11) is -4.41. The van der Waals surface area contributed by atoms with Crippen molar-refractivity contribution >= 4 is 25.8 Å². The molecule has 0 saturated heterocycles. The number of carbonyl (C=O) groups excluding carboxylic acids is 1. The largest absolute Gasteiger partial charge is 0.480 e. The molecule has 6 nitrogen and oxygen atoms in total. The van der Waals surface area contributed by atoms with Crippen LogP contribution in [0.25, 0.3) is 0 Å². The first-order chi connectivity index (χ1) is 6.83. The van der Waals surface area contributed by atoms with E-state index >= 15 is 0 Å². The minimum atomic E-state index is -4.41. The molecule has 0 aromatic carbocycles. The highest BCUT2D eigenvalue weighted by Crippen LogP contribution is 2.40. The van der Waals surface area contributed by atoms with E-state index in [1.807, 2.05) is 0 Å². The van der Waals surface area contributed by atoms with E-state index in [1.165, 1.54) is 6.92 Å². The molecule has 0 aliphatic rings. The maximum atomic E-state index is 10.9. The molecule has 8 heteroatoms. The predicted molar refractivity (Wildman–Crippen MR) is 56.0 cm³/mol. The van der Waals surface area contributed by atoms with E-state index in [1.54, 1.807) is 0 Å². The van der Waals surface area contributed by atoms with Crippen LogP contribution in [0, 0.1) is 0 Å². The van der Waals surface area contributed by atoms with Crippen LogP contribution in [0.3, 0.4) is 0 Å². The van der Waals surface area contributed by atoms with Crippen molar-refractivity contribution in [1.29, 1.82) is 0 Å². The maximum Gasteiger partial charge on any atom is 0.480 e. The first kappa shape index (κ1) is 14.7. The second kappa shape index (κ2) is 7.03. The summed E-state index contributed by atoms with van der Waals surface area (Å²) in [6.07, 6.45) is 0.448. The van der Waals surface area contributed by atoms with E-state index in [-0.39, 0.29) is 6.61 Å². The van der Waals surface area contributed by atoms with Gasteiger partial charge in [0.15, 0.2) is 0 Å². The Balaban J connectivity index is 3.37. The first-order valence-corrected chi connectivity index (χ1v) is 6.46. The van der Waals surface area contributed by atoms with Crippen LogP contribution in [0.2, 0.25) is 0 Å². The van der Waals surface area contributed by atoms with Gasteiger partial charge in [-0.2, -0.15) is 0 Å². The molecule has 0 aliphatic carbocycles. The summed E-state index contributed by atoms with van der Waals surface area (Å²) in [6, 6.07) is 0. The van der Waals surface area contributed by atoms with Crippen LogP contribution in [0.5, 0.6) is 0 Å². The third-order valence-electron chi connectivity index (χ3n) is 1.10. The highest BCUT2D eigenvalue weighted by Gasteiger charge is 2.13. The molecule has 2 N–H and O–H groups in total. The SMILES string of the molecule is C=C(C)C(=O)OCCCSOP(=O)(O)O. The Morgan fingerprint density at radius 3 is 2.60 bits per heavy atom. The van der Waals surface area contributed by atoms with E-state index in [0.717, 1.165) is 0 Å². The number of carbonyl (C=O) groups is 1. The number of rotatable bonds is 7. The van der Waals surface area contributed by atoms with Crippen LogP contribution in [0.4, 0.5) is 0 Å². The molecule has 0 amide bonds. The Kier molecular flexibility index (Phi) is 6.87. The molecule has 0 aliphatic heterocycles. The number of ether oxygens (including phenoxy) is 1. The summed E-state index contributed by atoms with van der Waals surface area (Å²) < 4.78 is 19.1. The second-order valence-corrected chi connectivity index (χ2v) is 4.88. The minimum Gasteiger partial charge on any atom is -0.462 e. The molecule has 88 valence electrons. The molecule has 0 atom stereocenters. The molecule has 0 rings (SSSR count). The molecule has 0 fully saturated rings. The van der Waals surface area contributed by atoms with Gasteiger partial charge in [-0.3, -0.25) is 0 Å². The lowest BCUT2D eigenvalue weighted by atomic mass is 10.4. The van der Waals surface area contributed by atoms with Crippen LogP contribution in [-0.2, 0) is 18.1 Å². The molecule has 0 aromatic heterocycles. The van der Waals surface area contributed by atoms with E-state index in [0.29, 0.717) is 29.8 Å². The zero-order valence-electron chi connectivity index (χ0n) is 8.21. The molecule has 0 radical (unpaired) electrons. The fraction of sp³-hybridized carbons (Fsp3) is 0.571. The Morgan fingerprint density at radius 1 is 1.53 bits per heavy atom. The highest BCUT2D eigenvalue weighted by molar-refractivity contribution is 7.97. The van der Waals surface area contributed by atoms with Gasteiger partial charge in [0.1, 0.15) is 0 Å². The Labute approximate surface area is 92.1 Å². The standard InChI is InChI=1S/C7H13O6PS/c1-6(2)7(8)12-4-3-5-15-13-14(9,10)11/h1,3-5H2,2H3,(H2,9,10,11). The van der Waals surface area contributed by atoms with Crippen molar-refractivity contribution in [2.45, 2.75) is 13.3 Å². The molecular formula is C7H13O6PS. The van der Waals surface area contributed by atoms with Crippen molar-refractivity contribution < 1.29 is 27.9 Å². The molecule has 0 bridgehead atoms. The third-order valence-corrected chi connectivity index (χ3v) is 2.76. The average molecular weight is 256 g/mol. The van der Waals surface area contributed by atoms with E-state index in [2.05, 4.69) is 10.5 Å². The molecule has 15 heavy (non-hydrogen) atoms. The van der Waals surface area contributed by atoms with Crippen LogP contribution >= 0.6 is 19.9 Å². The lowest BCUT2D eigenvalue weighted by Gasteiger charge is -2.04. The summed E-state index contributed by atoms with van der Waals surface area (Å²) >= 11 is 0.643. The van der Waals surface area contributed by atoms with Crippen LogP contribution in [-0.4, -0.2) is 28.1 Å². The summed E-state index contributed by atoms with van der Waals surface area (Å²) in [5, 5.41) is 0. The number of hydrogen-bond donors (Lipinski definition) is 2. The van der Waals surface area contributed by atoms with Crippen molar-refractivity contribution in [1.82, 2.24) is 0 Å². The topological polar surface area (TPSA) is 93.1 Å². The molecule has 0 aromatic rings. The lowest BCUT2D eigenvalue weighted by Crippen LogP contribution is -2.06. The summed E-state index contributed by atoms with van der Waals surface area (Å²) in [4.78, 5) is 27.5. The minimum absolute atomic E-state index is 0.170. The monoisotopic (exact) mass is 256 g/mol. The normalized spacial score (nSPS) is 11.1. The quantitative estimate of drug-likeness (QED) is 0.233. The number of phosphoric acid groups is 1. The summed E-state index contributed by atoms with van der Waals surface area (Å²) in [5.74, 6) is -0.148. The van der Waals surface area contributed by atoms with Gasteiger partial charge in [-0.25, -0.2) is 13.3 Å². The molecule has 0 spiro atoms. The van der Waals surface area contributed by atoms with Crippen molar-refractivity contribution in [3.63, 3.8) is 0 Å². The first-order valence-electron chi connectivity index (χ1n) is 4.02. The van der Waals surface area contributed by atoms with Crippen LogP contribution in [0.1, 0.15) is 13.3 Å². The van der Waals surface area contributed by atoms with Crippen molar-refractivity contribution in [3.05, 3.63) is 12.2 Å². The van der Waals surface area contributed by atoms with Gasteiger partial charge in [0.25, 0.3) is 0 Å². The zero-order valence-corrected chi connectivity index (χ0v) is 9.92. The summed E-state index contributed by atoms with van der Waals surface area (Å²) in [6.45, 7) is 5.10. The Bertz CT molecular complexity index is 273. The van der Waals surface area contributed by atoms with Gasteiger partial charge >= 0.3 is 13.8 Å². The average Bonchev–Trinajstić information content (AvgIpc) is 2.08. The Hall–Kier alpha value is -0.330. The zero-order chi connectivity index (χ0) is 11.9. The molecule has 0 unspecified atom stereocenters. The fourth-order valence-electron chi connectivity index (χ4n) is 0.512.